The van der Waals surface area contributed by atoms with Gasteiger partial charge in [-0.3, -0.25) is 0 Å². The van der Waals surface area contributed by atoms with Gasteiger partial charge in [0.05, 0.1) is 24.1 Å². The molecule has 0 amide bonds. The first kappa shape index (κ1) is 11.1. The summed E-state index contributed by atoms with van der Waals surface area (Å²) in [5.74, 6) is 0. The third-order valence-corrected chi connectivity index (χ3v) is 2.22. The third-order valence-electron chi connectivity index (χ3n) is 2.22. The van der Waals surface area contributed by atoms with E-state index in [4.69, 9.17) is 10.5 Å². The summed E-state index contributed by atoms with van der Waals surface area (Å²) >= 11 is 0. The van der Waals surface area contributed by atoms with Gasteiger partial charge >= 0.3 is 0 Å². The molecule has 0 aromatic heterocycles. The lowest BCUT2D eigenvalue weighted by atomic mass is 10.1. The molecule has 0 heterocycles. The van der Waals surface area contributed by atoms with Crippen LogP contribution in [0, 0.1) is 22.7 Å². The lowest BCUT2D eigenvalue weighted by Gasteiger charge is -2.14. The fourth-order valence-electron chi connectivity index (χ4n) is 1.28. The second kappa shape index (κ2) is 5.67. The Morgan fingerprint density at radius 1 is 1.27 bits per heavy atom. The van der Waals surface area contributed by atoms with E-state index in [1.807, 2.05) is 19.1 Å². The number of nitrogens with one attached hydrogen (secondary N) is 1. The molecule has 15 heavy (non-hydrogen) atoms. The van der Waals surface area contributed by atoms with Crippen LogP contribution in [0.2, 0.25) is 0 Å². The van der Waals surface area contributed by atoms with Crippen LogP contribution in [0.4, 0.5) is 5.69 Å². The smallest absolute Gasteiger partial charge is 0.0991 e. The van der Waals surface area contributed by atoms with Gasteiger partial charge in [0.15, 0.2) is 0 Å². The highest BCUT2D eigenvalue weighted by atomic mass is 14.9. The Morgan fingerprint density at radius 2 is 1.93 bits per heavy atom. The van der Waals surface area contributed by atoms with Crippen molar-refractivity contribution in [1.29, 1.82) is 10.5 Å². The first-order valence-electron chi connectivity index (χ1n) is 4.93. The van der Waals surface area contributed by atoms with Gasteiger partial charge in [0.1, 0.15) is 0 Å². The summed E-state index contributed by atoms with van der Waals surface area (Å²) in [6.07, 6.45) is 1.41. The van der Waals surface area contributed by atoms with Gasteiger partial charge < -0.3 is 5.32 Å². The van der Waals surface area contributed by atoms with Gasteiger partial charge in [-0.05, 0) is 30.7 Å². The highest BCUT2D eigenvalue weighted by Crippen LogP contribution is 2.12. The number of hydrogen-bond donors (Lipinski definition) is 1. The van der Waals surface area contributed by atoms with Crippen LogP contribution < -0.4 is 5.32 Å². The van der Waals surface area contributed by atoms with Crippen LogP contribution in [-0.2, 0) is 0 Å². The first-order chi connectivity index (χ1) is 7.30. The summed E-state index contributed by atoms with van der Waals surface area (Å²) < 4.78 is 0. The highest BCUT2D eigenvalue weighted by molar-refractivity contribution is 5.47. The fourth-order valence-corrected chi connectivity index (χ4v) is 1.28. The minimum absolute atomic E-state index is 0.183. The van der Waals surface area contributed by atoms with Crippen molar-refractivity contribution >= 4 is 5.69 Å². The van der Waals surface area contributed by atoms with Crippen LogP contribution in [0.25, 0.3) is 0 Å². The molecule has 1 unspecified atom stereocenters. The fraction of sp³-hybridized carbons (Fsp3) is 0.333. The molecule has 0 aliphatic heterocycles. The Balaban J connectivity index is 2.64. The summed E-state index contributed by atoms with van der Waals surface area (Å²) in [5, 5.41) is 20.5. The van der Waals surface area contributed by atoms with E-state index < -0.39 is 0 Å². The van der Waals surface area contributed by atoms with E-state index in [-0.39, 0.29) is 6.04 Å². The van der Waals surface area contributed by atoms with Crippen molar-refractivity contribution in [3.63, 3.8) is 0 Å². The number of hydrogen-bond acceptors (Lipinski definition) is 3. The molecule has 1 aromatic rings. The van der Waals surface area contributed by atoms with Crippen molar-refractivity contribution in [1.82, 2.24) is 0 Å². The van der Waals surface area contributed by atoms with E-state index in [1.54, 1.807) is 12.1 Å². The molecule has 1 N–H and O–H groups in total. The third kappa shape index (κ3) is 3.32. The number of nitriles is 2. The molecule has 0 aliphatic rings. The average molecular weight is 199 g/mol. The van der Waals surface area contributed by atoms with Gasteiger partial charge in [-0.25, -0.2) is 0 Å². The van der Waals surface area contributed by atoms with Crippen molar-refractivity contribution in [2.45, 2.75) is 25.8 Å². The molecule has 0 aliphatic carbocycles. The number of rotatable bonds is 4. The predicted molar refractivity (Wildman–Crippen MR) is 59.1 cm³/mol. The molecular weight excluding hydrogens is 186 g/mol. The summed E-state index contributed by atoms with van der Waals surface area (Å²) in [6.45, 7) is 2.04. The Bertz CT molecular complexity index is 381. The molecule has 0 spiro atoms. The molecule has 0 saturated carbocycles. The SMILES string of the molecule is CCC(CC#N)Nc1ccc(C#N)cc1. The highest BCUT2D eigenvalue weighted by Gasteiger charge is 2.04. The molecule has 0 fully saturated rings. The van der Waals surface area contributed by atoms with Crippen LogP contribution >= 0.6 is 0 Å². The normalized spacial score (nSPS) is 11.1. The van der Waals surface area contributed by atoms with E-state index in [0.717, 1.165) is 12.1 Å². The Hall–Kier alpha value is -2.00. The number of benzene rings is 1. The van der Waals surface area contributed by atoms with E-state index in [0.29, 0.717) is 12.0 Å². The van der Waals surface area contributed by atoms with Crippen molar-refractivity contribution < 1.29 is 0 Å². The van der Waals surface area contributed by atoms with Crippen LogP contribution in [0.3, 0.4) is 0 Å². The maximum atomic E-state index is 8.63. The van der Waals surface area contributed by atoms with E-state index >= 15 is 0 Å². The number of anilines is 1. The topological polar surface area (TPSA) is 59.6 Å². The minimum atomic E-state index is 0.183. The van der Waals surface area contributed by atoms with Crippen LogP contribution in [0.1, 0.15) is 25.3 Å². The van der Waals surface area contributed by atoms with Gasteiger partial charge in [0, 0.05) is 11.7 Å². The minimum Gasteiger partial charge on any atom is -0.381 e. The lowest BCUT2D eigenvalue weighted by Crippen LogP contribution is -2.17. The molecule has 0 radical (unpaired) electrons. The van der Waals surface area contributed by atoms with Crippen LogP contribution in [-0.4, -0.2) is 6.04 Å². The standard InChI is InChI=1S/C12H13N3/c1-2-11(7-8-13)15-12-5-3-10(9-14)4-6-12/h3-6,11,15H,2,7H2,1H3. The summed E-state index contributed by atoms with van der Waals surface area (Å²) in [5.41, 5.74) is 1.60. The molecule has 3 nitrogen and oxygen atoms in total. The second-order valence-corrected chi connectivity index (χ2v) is 3.30. The summed E-state index contributed by atoms with van der Waals surface area (Å²) in [6, 6.07) is 11.6. The zero-order chi connectivity index (χ0) is 11.1. The molecule has 1 atom stereocenters. The van der Waals surface area contributed by atoms with Crippen molar-refractivity contribution in [2.24, 2.45) is 0 Å². The number of nitrogens with zero attached hydrogens (tertiary/aromatic N) is 2. The largest absolute Gasteiger partial charge is 0.381 e. The van der Waals surface area contributed by atoms with Gasteiger partial charge in [-0.2, -0.15) is 10.5 Å². The van der Waals surface area contributed by atoms with Crippen molar-refractivity contribution in [3.8, 4) is 12.1 Å². The Kier molecular flexibility index (Phi) is 4.19. The van der Waals surface area contributed by atoms with E-state index in [9.17, 15) is 0 Å². The van der Waals surface area contributed by atoms with Crippen molar-refractivity contribution in [2.75, 3.05) is 5.32 Å². The van der Waals surface area contributed by atoms with Gasteiger partial charge in [-0.15, -0.1) is 0 Å². The van der Waals surface area contributed by atoms with Crippen LogP contribution in [0.15, 0.2) is 24.3 Å². The van der Waals surface area contributed by atoms with Crippen LogP contribution in [0.5, 0.6) is 0 Å². The van der Waals surface area contributed by atoms with E-state index in [2.05, 4.69) is 17.5 Å². The quantitative estimate of drug-likeness (QED) is 0.810. The summed E-state index contributed by atoms with van der Waals surface area (Å²) in [4.78, 5) is 0. The first-order valence-corrected chi connectivity index (χ1v) is 4.93. The molecular formula is C12H13N3. The van der Waals surface area contributed by atoms with Gasteiger partial charge in [-0.1, -0.05) is 6.92 Å². The maximum Gasteiger partial charge on any atom is 0.0991 e. The molecule has 1 aromatic carbocycles. The predicted octanol–water partition coefficient (Wildman–Crippen LogP) is 2.66. The summed E-state index contributed by atoms with van der Waals surface area (Å²) in [7, 11) is 0. The zero-order valence-electron chi connectivity index (χ0n) is 8.70. The second-order valence-electron chi connectivity index (χ2n) is 3.30. The monoisotopic (exact) mass is 199 g/mol. The lowest BCUT2D eigenvalue weighted by molar-refractivity contribution is 0.711. The Morgan fingerprint density at radius 3 is 2.40 bits per heavy atom. The molecule has 1 rings (SSSR count). The molecule has 3 heteroatoms. The van der Waals surface area contributed by atoms with Crippen molar-refractivity contribution in [3.05, 3.63) is 29.8 Å². The Labute approximate surface area is 90.0 Å². The molecule has 0 bridgehead atoms. The molecule has 0 saturated heterocycles. The average Bonchev–Trinajstić information content (AvgIpc) is 2.29. The van der Waals surface area contributed by atoms with Gasteiger partial charge in [0.2, 0.25) is 0 Å². The van der Waals surface area contributed by atoms with E-state index in [1.165, 1.54) is 0 Å². The zero-order valence-corrected chi connectivity index (χ0v) is 8.70. The van der Waals surface area contributed by atoms with Gasteiger partial charge in [0.25, 0.3) is 0 Å². The molecule has 76 valence electrons. The maximum absolute atomic E-state index is 8.63.